The van der Waals surface area contributed by atoms with Gasteiger partial charge in [0.1, 0.15) is 28.0 Å². The number of thiazole rings is 1. The van der Waals surface area contributed by atoms with Gasteiger partial charge < -0.3 is 15.5 Å². The van der Waals surface area contributed by atoms with Gasteiger partial charge in [-0.15, -0.1) is 11.3 Å². The number of hydrogen-bond acceptors (Lipinski definition) is 7. The van der Waals surface area contributed by atoms with Crippen LogP contribution < -0.4 is 5.32 Å². The molecule has 0 aliphatic heterocycles. The second-order valence-electron chi connectivity index (χ2n) is 8.81. The van der Waals surface area contributed by atoms with E-state index in [0.29, 0.717) is 23.5 Å². The number of aryl methyl sites for hydroxylation is 1. The molecule has 190 valence electrons. The fraction of sp³-hybridized carbons (Fsp3) is 0.231. The Morgan fingerprint density at radius 3 is 2.70 bits per heavy atom. The van der Waals surface area contributed by atoms with Crippen molar-refractivity contribution in [2.75, 3.05) is 5.32 Å². The second-order valence-corrected chi connectivity index (χ2v) is 9.87. The molecule has 0 saturated carbocycles. The van der Waals surface area contributed by atoms with Crippen LogP contribution in [-0.4, -0.2) is 31.1 Å². The highest BCUT2D eigenvalue weighted by Crippen LogP contribution is 2.43. The summed E-state index contributed by atoms with van der Waals surface area (Å²) in [5.74, 6) is -1.07. The zero-order chi connectivity index (χ0) is 26.3. The van der Waals surface area contributed by atoms with Crippen molar-refractivity contribution in [3.63, 3.8) is 0 Å². The molecule has 3 heterocycles. The SMILES string of the molecule is Cc1cc(Nc2cc(C(F)(F)F)ccn2)nc(-c2cnc(C3CCCc4c3ccc(C(=O)O)c4O)s2)c1. The molecule has 0 amide bonds. The average Bonchev–Trinajstić information content (AvgIpc) is 3.33. The number of pyridine rings is 2. The molecule has 1 atom stereocenters. The van der Waals surface area contributed by atoms with Crippen LogP contribution in [0.4, 0.5) is 24.8 Å². The number of benzene rings is 1. The van der Waals surface area contributed by atoms with Gasteiger partial charge in [0.2, 0.25) is 0 Å². The standard InChI is InChI=1S/C26H21F3N4O3S/c1-13-9-19(32-22(10-13)33-21-11-14(7-8-30-21)26(27,28)29)20-12-31-24(37-20)17-4-2-3-16-15(17)5-6-18(23(16)34)25(35)36/h5-12,17,34H,2-4H2,1H3,(H,35,36)(H,30,32,33). The van der Waals surface area contributed by atoms with E-state index in [1.165, 1.54) is 17.4 Å². The first-order chi connectivity index (χ1) is 17.6. The maximum absolute atomic E-state index is 13.1. The van der Waals surface area contributed by atoms with Gasteiger partial charge in [-0.25, -0.2) is 19.7 Å². The summed E-state index contributed by atoms with van der Waals surface area (Å²) in [6.45, 7) is 1.86. The van der Waals surface area contributed by atoms with Crippen molar-refractivity contribution in [2.24, 2.45) is 0 Å². The third-order valence-electron chi connectivity index (χ3n) is 6.23. The molecule has 3 N–H and O–H groups in total. The highest BCUT2D eigenvalue weighted by atomic mass is 32.1. The third kappa shape index (κ3) is 4.99. The molecule has 1 unspecified atom stereocenters. The lowest BCUT2D eigenvalue weighted by molar-refractivity contribution is -0.137. The van der Waals surface area contributed by atoms with E-state index in [4.69, 9.17) is 0 Å². The fourth-order valence-electron chi connectivity index (χ4n) is 4.54. The van der Waals surface area contributed by atoms with Gasteiger partial charge in [-0.3, -0.25) is 0 Å². The van der Waals surface area contributed by atoms with E-state index < -0.39 is 17.7 Å². The Bertz CT molecular complexity index is 1500. The lowest BCUT2D eigenvalue weighted by Gasteiger charge is -2.25. The van der Waals surface area contributed by atoms with Crippen LogP contribution in [-0.2, 0) is 12.6 Å². The zero-order valence-corrected chi connectivity index (χ0v) is 20.3. The number of carbonyl (C=O) groups is 1. The van der Waals surface area contributed by atoms with Gasteiger partial charge in [0, 0.05) is 18.3 Å². The van der Waals surface area contributed by atoms with Crippen LogP contribution in [0.15, 0.2) is 48.8 Å². The third-order valence-corrected chi connectivity index (χ3v) is 7.37. The van der Waals surface area contributed by atoms with Crippen LogP contribution in [0, 0.1) is 6.92 Å². The summed E-state index contributed by atoms with van der Waals surface area (Å²) in [7, 11) is 0. The minimum absolute atomic E-state index is 0.0308. The van der Waals surface area contributed by atoms with Crippen LogP contribution in [0.3, 0.4) is 0 Å². The number of halogens is 3. The Morgan fingerprint density at radius 1 is 1.14 bits per heavy atom. The van der Waals surface area contributed by atoms with Crippen LogP contribution >= 0.6 is 11.3 Å². The number of alkyl halides is 3. The number of aromatic carboxylic acids is 1. The minimum atomic E-state index is -4.48. The van der Waals surface area contributed by atoms with Crippen LogP contribution in [0.5, 0.6) is 5.75 Å². The molecule has 7 nitrogen and oxygen atoms in total. The van der Waals surface area contributed by atoms with E-state index in [1.807, 2.05) is 13.0 Å². The number of nitrogens with one attached hydrogen (secondary N) is 1. The second kappa shape index (κ2) is 9.47. The van der Waals surface area contributed by atoms with Crippen molar-refractivity contribution in [3.8, 4) is 16.3 Å². The normalized spacial score (nSPS) is 15.3. The fourth-order valence-corrected chi connectivity index (χ4v) is 5.57. The summed E-state index contributed by atoms with van der Waals surface area (Å²) < 4.78 is 39.2. The number of fused-ring (bicyclic) bond motifs is 1. The Morgan fingerprint density at radius 2 is 1.95 bits per heavy atom. The number of carboxylic acids is 1. The minimum Gasteiger partial charge on any atom is -0.507 e. The number of nitrogens with zero attached hydrogens (tertiary/aromatic N) is 3. The molecule has 0 saturated heterocycles. The van der Waals surface area contributed by atoms with Gasteiger partial charge in [-0.2, -0.15) is 13.2 Å². The number of aromatic hydroxyl groups is 1. The summed E-state index contributed by atoms with van der Waals surface area (Å²) in [5, 5.41) is 23.5. The number of aromatic nitrogens is 3. The average molecular weight is 527 g/mol. The Balaban J connectivity index is 1.44. The molecule has 0 radical (unpaired) electrons. The van der Waals surface area contributed by atoms with Crippen molar-refractivity contribution >= 4 is 28.9 Å². The molecule has 1 aliphatic carbocycles. The Labute approximate surface area is 213 Å². The van der Waals surface area contributed by atoms with Gasteiger partial charge in [-0.05, 0) is 73.2 Å². The van der Waals surface area contributed by atoms with E-state index >= 15 is 0 Å². The highest BCUT2D eigenvalue weighted by Gasteiger charge is 2.31. The smallest absolute Gasteiger partial charge is 0.416 e. The van der Waals surface area contributed by atoms with Crippen molar-refractivity contribution in [3.05, 3.63) is 81.6 Å². The lowest BCUT2D eigenvalue weighted by atomic mass is 9.81. The molecule has 0 bridgehead atoms. The van der Waals surface area contributed by atoms with Gasteiger partial charge in [0.05, 0.1) is 16.1 Å². The molecule has 37 heavy (non-hydrogen) atoms. The topological polar surface area (TPSA) is 108 Å². The van der Waals surface area contributed by atoms with E-state index in [-0.39, 0.29) is 23.0 Å². The summed E-state index contributed by atoms with van der Waals surface area (Å²) in [6.07, 6.45) is 0.498. The predicted molar refractivity (Wildman–Crippen MR) is 132 cm³/mol. The largest absolute Gasteiger partial charge is 0.507 e. The van der Waals surface area contributed by atoms with E-state index in [1.54, 1.807) is 18.3 Å². The molecule has 11 heteroatoms. The predicted octanol–water partition coefficient (Wildman–Crippen LogP) is 6.54. The molecule has 1 aliphatic rings. The molecule has 3 aromatic heterocycles. The molecule has 5 rings (SSSR count). The highest BCUT2D eigenvalue weighted by molar-refractivity contribution is 7.15. The first-order valence-corrected chi connectivity index (χ1v) is 12.2. The summed E-state index contributed by atoms with van der Waals surface area (Å²) in [4.78, 5) is 25.3. The van der Waals surface area contributed by atoms with Crippen molar-refractivity contribution in [1.29, 1.82) is 0 Å². The molecule has 4 aromatic rings. The maximum atomic E-state index is 13.1. The first-order valence-electron chi connectivity index (χ1n) is 11.4. The number of rotatable bonds is 5. The van der Waals surface area contributed by atoms with Crippen LogP contribution in [0.1, 0.15) is 56.4 Å². The van der Waals surface area contributed by atoms with Crippen molar-refractivity contribution < 1.29 is 28.2 Å². The van der Waals surface area contributed by atoms with Crippen LogP contribution in [0.25, 0.3) is 10.6 Å². The summed E-state index contributed by atoms with van der Waals surface area (Å²) in [5.41, 5.74) is 2.05. The van der Waals surface area contributed by atoms with Gasteiger partial charge >= 0.3 is 12.1 Å². The molecule has 1 aromatic carbocycles. The van der Waals surface area contributed by atoms with E-state index in [0.717, 1.165) is 52.2 Å². The Kier molecular flexibility index (Phi) is 6.32. The summed E-state index contributed by atoms with van der Waals surface area (Å²) >= 11 is 1.44. The lowest BCUT2D eigenvalue weighted by Crippen LogP contribution is -2.12. The van der Waals surface area contributed by atoms with Gasteiger partial charge in [0.15, 0.2) is 0 Å². The first kappa shape index (κ1) is 24.7. The Hall–Kier alpha value is -3.99. The van der Waals surface area contributed by atoms with Crippen LogP contribution in [0.2, 0.25) is 0 Å². The quantitative estimate of drug-likeness (QED) is 0.271. The van der Waals surface area contributed by atoms with E-state index in [2.05, 4.69) is 20.3 Å². The summed E-state index contributed by atoms with van der Waals surface area (Å²) in [6, 6.07) is 8.59. The van der Waals surface area contributed by atoms with Gasteiger partial charge in [-0.1, -0.05) is 6.07 Å². The molecular weight excluding hydrogens is 505 g/mol. The van der Waals surface area contributed by atoms with Crippen molar-refractivity contribution in [1.82, 2.24) is 15.0 Å². The molecule has 0 fully saturated rings. The maximum Gasteiger partial charge on any atom is 0.416 e. The number of anilines is 2. The molecule has 0 spiro atoms. The number of carboxylic acid groups (broad SMARTS) is 1. The monoisotopic (exact) mass is 526 g/mol. The van der Waals surface area contributed by atoms with E-state index in [9.17, 15) is 28.2 Å². The number of hydrogen-bond donors (Lipinski definition) is 3. The van der Waals surface area contributed by atoms with Crippen molar-refractivity contribution in [2.45, 2.75) is 38.3 Å². The van der Waals surface area contributed by atoms with Gasteiger partial charge in [0.25, 0.3) is 0 Å². The zero-order valence-electron chi connectivity index (χ0n) is 19.5. The number of phenols is 1. The molecular formula is C26H21F3N4O3S.